The van der Waals surface area contributed by atoms with Gasteiger partial charge >= 0.3 is 0 Å². The molecule has 1 aromatic heterocycles. The molecule has 0 saturated heterocycles. The monoisotopic (exact) mass is 196 g/mol. The molecular formula is C10H16N2O2. The summed E-state index contributed by atoms with van der Waals surface area (Å²) < 4.78 is 4.63. The van der Waals surface area contributed by atoms with Crippen LogP contribution in [-0.2, 0) is 11.2 Å². The van der Waals surface area contributed by atoms with Crippen LogP contribution in [-0.4, -0.2) is 17.6 Å². The standard InChI is InChI=1S/C10H16N2O2/c1-8(2)3-5-11-10(13)7-9-4-6-14-12-9/h4,6,8H,3,5,7H2,1-2H3,(H,11,13). The van der Waals surface area contributed by atoms with Crippen LogP contribution in [0.5, 0.6) is 0 Å². The second kappa shape index (κ2) is 5.42. The van der Waals surface area contributed by atoms with E-state index >= 15 is 0 Å². The predicted molar refractivity (Wildman–Crippen MR) is 52.7 cm³/mol. The fourth-order valence-corrected chi connectivity index (χ4v) is 1.06. The summed E-state index contributed by atoms with van der Waals surface area (Å²) in [5.74, 6) is 0.613. The highest BCUT2D eigenvalue weighted by Gasteiger charge is 2.05. The summed E-state index contributed by atoms with van der Waals surface area (Å²) in [6, 6.07) is 1.70. The lowest BCUT2D eigenvalue weighted by Crippen LogP contribution is -2.26. The maximum atomic E-state index is 11.3. The molecule has 1 heterocycles. The summed E-state index contributed by atoms with van der Waals surface area (Å²) in [4.78, 5) is 11.3. The summed E-state index contributed by atoms with van der Waals surface area (Å²) >= 11 is 0. The van der Waals surface area contributed by atoms with Crippen molar-refractivity contribution in [2.45, 2.75) is 26.7 Å². The van der Waals surface area contributed by atoms with Gasteiger partial charge < -0.3 is 9.84 Å². The third-order valence-corrected chi connectivity index (χ3v) is 1.88. The molecule has 0 spiro atoms. The fraction of sp³-hybridized carbons (Fsp3) is 0.600. The van der Waals surface area contributed by atoms with E-state index in [0.29, 0.717) is 18.0 Å². The van der Waals surface area contributed by atoms with Gasteiger partial charge in [-0.1, -0.05) is 19.0 Å². The number of nitrogens with one attached hydrogen (secondary N) is 1. The molecule has 0 aliphatic rings. The summed E-state index contributed by atoms with van der Waals surface area (Å²) in [5, 5.41) is 6.50. The van der Waals surface area contributed by atoms with Crippen molar-refractivity contribution in [3.8, 4) is 0 Å². The van der Waals surface area contributed by atoms with Crippen molar-refractivity contribution in [3.05, 3.63) is 18.0 Å². The highest BCUT2D eigenvalue weighted by Crippen LogP contribution is 1.98. The molecule has 0 saturated carbocycles. The molecular weight excluding hydrogens is 180 g/mol. The summed E-state index contributed by atoms with van der Waals surface area (Å²) in [6.07, 6.45) is 2.77. The van der Waals surface area contributed by atoms with E-state index in [2.05, 4.69) is 28.8 Å². The van der Waals surface area contributed by atoms with Crippen LogP contribution in [0.15, 0.2) is 16.9 Å². The van der Waals surface area contributed by atoms with Crippen LogP contribution in [0.25, 0.3) is 0 Å². The average molecular weight is 196 g/mol. The Hall–Kier alpha value is -1.32. The van der Waals surface area contributed by atoms with Gasteiger partial charge in [0.15, 0.2) is 0 Å². The maximum absolute atomic E-state index is 11.3. The van der Waals surface area contributed by atoms with Gasteiger partial charge in [0.2, 0.25) is 5.91 Å². The Balaban J connectivity index is 2.17. The van der Waals surface area contributed by atoms with E-state index in [1.165, 1.54) is 6.26 Å². The normalized spacial score (nSPS) is 10.5. The van der Waals surface area contributed by atoms with Crippen molar-refractivity contribution < 1.29 is 9.32 Å². The van der Waals surface area contributed by atoms with Crippen LogP contribution in [0.2, 0.25) is 0 Å². The Morgan fingerprint density at radius 2 is 2.43 bits per heavy atom. The van der Waals surface area contributed by atoms with E-state index in [0.717, 1.165) is 13.0 Å². The number of amides is 1. The second-order valence-corrected chi connectivity index (χ2v) is 3.70. The lowest BCUT2D eigenvalue weighted by Gasteiger charge is -2.05. The van der Waals surface area contributed by atoms with Gasteiger partial charge in [0.1, 0.15) is 6.26 Å². The number of nitrogens with zero attached hydrogens (tertiary/aromatic N) is 1. The molecule has 0 radical (unpaired) electrons. The molecule has 0 aliphatic carbocycles. The van der Waals surface area contributed by atoms with E-state index in [1.807, 2.05) is 0 Å². The van der Waals surface area contributed by atoms with E-state index in [9.17, 15) is 4.79 Å². The molecule has 0 fully saturated rings. The molecule has 1 rings (SSSR count). The minimum Gasteiger partial charge on any atom is -0.364 e. The average Bonchev–Trinajstić information content (AvgIpc) is 2.56. The minimum atomic E-state index is -0.000417. The van der Waals surface area contributed by atoms with E-state index in [4.69, 9.17) is 0 Å². The van der Waals surface area contributed by atoms with Crippen LogP contribution in [0.3, 0.4) is 0 Å². The molecule has 0 aromatic carbocycles. The number of hydrogen-bond acceptors (Lipinski definition) is 3. The van der Waals surface area contributed by atoms with Gasteiger partial charge in [-0.25, -0.2) is 0 Å². The molecule has 1 amide bonds. The van der Waals surface area contributed by atoms with Crippen LogP contribution in [0.4, 0.5) is 0 Å². The molecule has 78 valence electrons. The van der Waals surface area contributed by atoms with Crippen molar-refractivity contribution in [1.82, 2.24) is 10.5 Å². The van der Waals surface area contributed by atoms with Crippen molar-refractivity contribution in [1.29, 1.82) is 0 Å². The first-order valence-electron chi connectivity index (χ1n) is 4.84. The minimum absolute atomic E-state index is 0.000417. The lowest BCUT2D eigenvalue weighted by atomic mass is 10.1. The first-order valence-corrected chi connectivity index (χ1v) is 4.84. The summed E-state index contributed by atoms with van der Waals surface area (Å²) in [7, 11) is 0. The molecule has 4 heteroatoms. The molecule has 0 aliphatic heterocycles. The van der Waals surface area contributed by atoms with Crippen molar-refractivity contribution in [2.24, 2.45) is 5.92 Å². The molecule has 1 aromatic rings. The number of carbonyl (C=O) groups is 1. The smallest absolute Gasteiger partial charge is 0.226 e. The van der Waals surface area contributed by atoms with Gasteiger partial charge in [0.25, 0.3) is 0 Å². The Morgan fingerprint density at radius 1 is 1.64 bits per heavy atom. The topological polar surface area (TPSA) is 55.1 Å². The SMILES string of the molecule is CC(C)CCNC(=O)Cc1ccon1. The van der Waals surface area contributed by atoms with Gasteiger partial charge in [0.05, 0.1) is 12.1 Å². The van der Waals surface area contributed by atoms with Crippen molar-refractivity contribution in [3.63, 3.8) is 0 Å². The highest BCUT2D eigenvalue weighted by molar-refractivity contribution is 5.77. The number of rotatable bonds is 5. The quantitative estimate of drug-likeness (QED) is 0.774. The first kappa shape index (κ1) is 10.8. The van der Waals surface area contributed by atoms with Crippen LogP contribution in [0.1, 0.15) is 26.0 Å². The summed E-state index contributed by atoms with van der Waals surface area (Å²) in [6.45, 7) is 4.99. The Kier molecular flexibility index (Phi) is 4.16. The zero-order valence-electron chi connectivity index (χ0n) is 8.62. The van der Waals surface area contributed by atoms with Crippen molar-refractivity contribution >= 4 is 5.91 Å². The molecule has 14 heavy (non-hydrogen) atoms. The van der Waals surface area contributed by atoms with Gasteiger partial charge in [-0.05, 0) is 12.3 Å². The van der Waals surface area contributed by atoms with Gasteiger partial charge in [-0.15, -0.1) is 0 Å². The van der Waals surface area contributed by atoms with E-state index in [-0.39, 0.29) is 5.91 Å². The van der Waals surface area contributed by atoms with Crippen molar-refractivity contribution in [2.75, 3.05) is 6.54 Å². The largest absolute Gasteiger partial charge is 0.364 e. The van der Waals surface area contributed by atoms with Gasteiger partial charge in [-0.3, -0.25) is 4.79 Å². The lowest BCUT2D eigenvalue weighted by molar-refractivity contribution is -0.120. The predicted octanol–water partition coefficient (Wildman–Crippen LogP) is 1.38. The third-order valence-electron chi connectivity index (χ3n) is 1.88. The molecule has 4 nitrogen and oxygen atoms in total. The second-order valence-electron chi connectivity index (χ2n) is 3.70. The third kappa shape index (κ3) is 4.07. The van der Waals surface area contributed by atoms with E-state index < -0.39 is 0 Å². The Bertz CT molecular complexity index is 268. The number of hydrogen-bond donors (Lipinski definition) is 1. The van der Waals surface area contributed by atoms with Gasteiger partial charge in [-0.2, -0.15) is 0 Å². The van der Waals surface area contributed by atoms with Gasteiger partial charge in [0, 0.05) is 12.6 Å². The molecule has 0 atom stereocenters. The molecule has 0 unspecified atom stereocenters. The Morgan fingerprint density at radius 3 is 3.00 bits per heavy atom. The maximum Gasteiger partial charge on any atom is 0.226 e. The number of aromatic nitrogens is 1. The highest BCUT2D eigenvalue weighted by atomic mass is 16.5. The summed E-state index contributed by atoms with van der Waals surface area (Å²) in [5.41, 5.74) is 0.673. The zero-order chi connectivity index (χ0) is 10.4. The molecule has 1 N–H and O–H groups in total. The van der Waals surface area contributed by atoms with Crippen LogP contribution < -0.4 is 5.32 Å². The van der Waals surface area contributed by atoms with E-state index in [1.54, 1.807) is 6.07 Å². The molecule has 0 bridgehead atoms. The fourth-order valence-electron chi connectivity index (χ4n) is 1.06. The zero-order valence-corrected chi connectivity index (χ0v) is 8.62. The Labute approximate surface area is 83.7 Å². The number of carbonyl (C=O) groups excluding carboxylic acids is 1. The van der Waals surface area contributed by atoms with Crippen LogP contribution >= 0.6 is 0 Å². The first-order chi connectivity index (χ1) is 6.68. The van der Waals surface area contributed by atoms with Crippen LogP contribution in [0, 0.1) is 5.92 Å².